The van der Waals surface area contributed by atoms with Crippen LogP contribution in [-0.2, 0) is 14.3 Å². The van der Waals surface area contributed by atoms with E-state index in [1.807, 2.05) is 27.7 Å². The predicted molar refractivity (Wildman–Crippen MR) is 69.3 cm³/mol. The number of hydrogen-bond donors (Lipinski definition) is 1. The van der Waals surface area contributed by atoms with Crippen molar-refractivity contribution in [3.8, 4) is 0 Å². The smallest absolute Gasteiger partial charge is 0.323 e. The fourth-order valence-corrected chi connectivity index (χ4v) is 2.46. The summed E-state index contributed by atoms with van der Waals surface area (Å²) in [4.78, 5) is 11.9. The lowest BCUT2D eigenvalue weighted by atomic mass is 10.1. The van der Waals surface area contributed by atoms with E-state index in [0.29, 0.717) is 18.1 Å². The summed E-state index contributed by atoms with van der Waals surface area (Å²) in [6.45, 7) is 8.35. The van der Waals surface area contributed by atoms with Gasteiger partial charge in [-0.25, -0.2) is 0 Å². The normalized spacial score (nSPS) is 30.2. The molecule has 104 valence electrons. The Labute approximate surface area is 109 Å². The Morgan fingerprint density at radius 3 is 2.56 bits per heavy atom. The fraction of sp³-hybridized carbons (Fsp3) is 0.929. The van der Waals surface area contributed by atoms with E-state index in [2.05, 4.69) is 5.32 Å². The number of nitrogens with one attached hydrogen (secondary N) is 1. The highest BCUT2D eigenvalue weighted by atomic mass is 16.6. The zero-order chi connectivity index (χ0) is 13.3. The van der Waals surface area contributed by atoms with Crippen LogP contribution in [0.4, 0.5) is 0 Å². The van der Waals surface area contributed by atoms with Gasteiger partial charge < -0.3 is 9.47 Å². The number of ether oxygens (including phenoxy) is 2. The standard InChI is InChI=1S/C14H25NO3/c1-9(13(16)18-14(2,3)4)15-11-7-8-17-12(11)10-5-6-10/h9-12,15H,5-8H2,1-4H3. The quantitative estimate of drug-likeness (QED) is 0.779. The lowest BCUT2D eigenvalue weighted by Crippen LogP contribution is -2.47. The molecule has 2 rings (SSSR count). The molecule has 2 aliphatic rings. The Kier molecular flexibility index (Phi) is 3.97. The molecule has 0 radical (unpaired) electrons. The van der Waals surface area contributed by atoms with Gasteiger partial charge in [0, 0.05) is 12.6 Å². The Morgan fingerprint density at radius 2 is 2.00 bits per heavy atom. The van der Waals surface area contributed by atoms with Gasteiger partial charge in [0.1, 0.15) is 11.6 Å². The van der Waals surface area contributed by atoms with Crippen molar-refractivity contribution < 1.29 is 14.3 Å². The average molecular weight is 255 g/mol. The van der Waals surface area contributed by atoms with E-state index in [-0.39, 0.29) is 12.0 Å². The van der Waals surface area contributed by atoms with Gasteiger partial charge in [-0.15, -0.1) is 0 Å². The molecule has 3 atom stereocenters. The molecular weight excluding hydrogens is 230 g/mol. The van der Waals surface area contributed by atoms with E-state index >= 15 is 0 Å². The maximum Gasteiger partial charge on any atom is 0.323 e. The molecule has 1 aliphatic heterocycles. The molecule has 1 saturated carbocycles. The Hall–Kier alpha value is -0.610. The van der Waals surface area contributed by atoms with Crippen LogP contribution in [-0.4, -0.2) is 36.4 Å². The highest BCUT2D eigenvalue weighted by Gasteiger charge is 2.41. The summed E-state index contributed by atoms with van der Waals surface area (Å²) >= 11 is 0. The van der Waals surface area contributed by atoms with Crippen LogP contribution in [0.5, 0.6) is 0 Å². The molecule has 4 heteroatoms. The molecule has 0 aromatic carbocycles. The minimum Gasteiger partial charge on any atom is -0.459 e. The van der Waals surface area contributed by atoms with Gasteiger partial charge in [-0.2, -0.15) is 0 Å². The van der Waals surface area contributed by atoms with E-state index in [9.17, 15) is 4.79 Å². The highest BCUT2D eigenvalue weighted by Crippen LogP contribution is 2.38. The molecule has 0 aromatic rings. The van der Waals surface area contributed by atoms with Gasteiger partial charge in [0.25, 0.3) is 0 Å². The van der Waals surface area contributed by atoms with Crippen LogP contribution in [0.1, 0.15) is 47.0 Å². The second-order valence-corrected chi connectivity index (χ2v) is 6.49. The number of hydrogen-bond acceptors (Lipinski definition) is 4. The molecule has 18 heavy (non-hydrogen) atoms. The molecule has 1 saturated heterocycles. The summed E-state index contributed by atoms with van der Waals surface area (Å²) in [5.74, 6) is 0.528. The zero-order valence-electron chi connectivity index (χ0n) is 11.9. The lowest BCUT2D eigenvalue weighted by Gasteiger charge is -2.26. The summed E-state index contributed by atoms with van der Waals surface area (Å²) in [7, 11) is 0. The van der Waals surface area contributed by atoms with Crippen molar-refractivity contribution in [1.82, 2.24) is 5.32 Å². The van der Waals surface area contributed by atoms with Gasteiger partial charge in [-0.3, -0.25) is 10.1 Å². The first-order valence-electron chi connectivity index (χ1n) is 6.97. The van der Waals surface area contributed by atoms with Gasteiger partial charge in [0.05, 0.1) is 6.10 Å². The maximum absolute atomic E-state index is 11.9. The zero-order valence-corrected chi connectivity index (χ0v) is 11.9. The minimum absolute atomic E-state index is 0.177. The monoisotopic (exact) mass is 255 g/mol. The second kappa shape index (κ2) is 5.17. The van der Waals surface area contributed by atoms with Crippen LogP contribution in [0.3, 0.4) is 0 Å². The molecule has 4 nitrogen and oxygen atoms in total. The van der Waals surface area contributed by atoms with Crippen LogP contribution in [0.25, 0.3) is 0 Å². The van der Waals surface area contributed by atoms with E-state index < -0.39 is 5.60 Å². The van der Waals surface area contributed by atoms with Crippen LogP contribution >= 0.6 is 0 Å². The van der Waals surface area contributed by atoms with Gasteiger partial charge in [0.15, 0.2) is 0 Å². The van der Waals surface area contributed by atoms with Crippen molar-refractivity contribution in [1.29, 1.82) is 0 Å². The van der Waals surface area contributed by atoms with Gasteiger partial charge >= 0.3 is 5.97 Å². The molecule has 1 heterocycles. The third-order valence-electron chi connectivity index (χ3n) is 3.45. The van der Waals surface area contributed by atoms with Crippen LogP contribution in [0, 0.1) is 5.92 Å². The van der Waals surface area contributed by atoms with E-state index in [4.69, 9.17) is 9.47 Å². The second-order valence-electron chi connectivity index (χ2n) is 6.49. The number of carbonyl (C=O) groups is 1. The predicted octanol–water partition coefficient (Wildman–Crippen LogP) is 1.87. The number of rotatable bonds is 4. The Balaban J connectivity index is 1.82. The molecule has 0 bridgehead atoms. The van der Waals surface area contributed by atoms with E-state index in [1.165, 1.54) is 12.8 Å². The van der Waals surface area contributed by atoms with Crippen molar-refractivity contribution >= 4 is 5.97 Å². The molecule has 1 aliphatic carbocycles. The largest absolute Gasteiger partial charge is 0.459 e. The van der Waals surface area contributed by atoms with Crippen LogP contribution in [0.2, 0.25) is 0 Å². The van der Waals surface area contributed by atoms with Crippen molar-refractivity contribution in [3.63, 3.8) is 0 Å². The molecule has 0 amide bonds. The SMILES string of the molecule is CC(NC1CCOC1C1CC1)C(=O)OC(C)(C)C. The molecule has 3 unspecified atom stereocenters. The van der Waals surface area contributed by atoms with Gasteiger partial charge in [-0.1, -0.05) is 0 Å². The van der Waals surface area contributed by atoms with Gasteiger partial charge in [-0.05, 0) is 52.9 Å². The molecule has 0 spiro atoms. The lowest BCUT2D eigenvalue weighted by molar-refractivity contribution is -0.157. The van der Waals surface area contributed by atoms with Crippen molar-refractivity contribution in [2.45, 2.75) is 70.7 Å². The summed E-state index contributed by atoms with van der Waals surface area (Å²) in [5.41, 5.74) is -0.422. The third-order valence-corrected chi connectivity index (χ3v) is 3.45. The van der Waals surface area contributed by atoms with E-state index in [0.717, 1.165) is 13.0 Å². The minimum atomic E-state index is -0.422. The molecular formula is C14H25NO3. The number of esters is 1. The average Bonchev–Trinajstić information content (AvgIpc) is 2.97. The Morgan fingerprint density at radius 1 is 1.33 bits per heavy atom. The number of carbonyl (C=O) groups excluding carboxylic acids is 1. The molecule has 2 fully saturated rings. The van der Waals surface area contributed by atoms with Crippen molar-refractivity contribution in [2.24, 2.45) is 5.92 Å². The van der Waals surface area contributed by atoms with Crippen molar-refractivity contribution in [3.05, 3.63) is 0 Å². The summed E-state index contributed by atoms with van der Waals surface area (Å²) in [6, 6.07) is 0.0391. The summed E-state index contributed by atoms with van der Waals surface area (Å²) < 4.78 is 11.1. The van der Waals surface area contributed by atoms with Crippen molar-refractivity contribution in [2.75, 3.05) is 6.61 Å². The molecule has 1 N–H and O–H groups in total. The fourth-order valence-electron chi connectivity index (χ4n) is 2.46. The highest BCUT2D eigenvalue weighted by molar-refractivity contribution is 5.75. The first kappa shape index (κ1) is 13.8. The summed E-state index contributed by atoms with van der Waals surface area (Å²) in [6.07, 6.45) is 3.83. The van der Waals surface area contributed by atoms with Crippen LogP contribution in [0.15, 0.2) is 0 Å². The van der Waals surface area contributed by atoms with Gasteiger partial charge in [0.2, 0.25) is 0 Å². The summed E-state index contributed by atoms with van der Waals surface area (Å²) in [5, 5.41) is 3.37. The maximum atomic E-state index is 11.9. The Bertz CT molecular complexity index is 307. The third kappa shape index (κ3) is 3.69. The van der Waals surface area contributed by atoms with Crippen LogP contribution < -0.4 is 5.32 Å². The first-order chi connectivity index (χ1) is 8.37. The van der Waals surface area contributed by atoms with E-state index in [1.54, 1.807) is 0 Å². The topological polar surface area (TPSA) is 47.6 Å². The first-order valence-corrected chi connectivity index (χ1v) is 6.97. The molecule has 0 aromatic heterocycles.